The lowest BCUT2D eigenvalue weighted by Crippen LogP contribution is -2.54. The predicted octanol–water partition coefficient (Wildman–Crippen LogP) is 3.10. The first kappa shape index (κ1) is 23.8. The summed E-state index contributed by atoms with van der Waals surface area (Å²) in [5.74, 6) is -0.254. The van der Waals surface area contributed by atoms with Gasteiger partial charge >= 0.3 is 6.01 Å². The third-order valence-corrected chi connectivity index (χ3v) is 6.42. The molecule has 1 aliphatic rings. The molecule has 3 aromatic heterocycles. The molecule has 2 N–H and O–H groups in total. The number of imidazole rings is 1. The highest BCUT2D eigenvalue weighted by Crippen LogP contribution is 2.31. The van der Waals surface area contributed by atoms with Gasteiger partial charge in [0.1, 0.15) is 0 Å². The van der Waals surface area contributed by atoms with E-state index in [-0.39, 0.29) is 11.9 Å². The highest BCUT2D eigenvalue weighted by atomic mass is 16.5. The zero-order valence-corrected chi connectivity index (χ0v) is 21.5. The van der Waals surface area contributed by atoms with E-state index in [2.05, 4.69) is 44.3 Å². The SMILES string of the molecule is COc1ncc2c(N3C[C@@H](C)N[C@H](C)C3)ccc(C(=O)Nc3cc(N(C)C)c4nc(C)cn4c3)c2n1. The summed E-state index contributed by atoms with van der Waals surface area (Å²) in [7, 11) is 5.44. The van der Waals surface area contributed by atoms with Crippen molar-refractivity contribution in [2.75, 3.05) is 49.4 Å². The average Bonchev–Trinajstić information content (AvgIpc) is 3.21. The maximum atomic E-state index is 13.6. The third kappa shape index (κ3) is 4.39. The number of fused-ring (bicyclic) bond motifs is 2. The van der Waals surface area contributed by atoms with Gasteiger partial charge in [0.25, 0.3) is 5.91 Å². The Bertz CT molecular complexity index is 1440. The van der Waals surface area contributed by atoms with Crippen LogP contribution in [0, 0.1) is 6.92 Å². The summed E-state index contributed by atoms with van der Waals surface area (Å²) in [5, 5.41) is 7.44. The number of aromatic nitrogens is 4. The van der Waals surface area contributed by atoms with Crippen molar-refractivity contribution in [2.24, 2.45) is 0 Å². The fraction of sp³-hybridized carbons (Fsp3) is 0.385. The van der Waals surface area contributed by atoms with Crippen LogP contribution in [0.2, 0.25) is 0 Å². The number of pyridine rings is 1. The number of carbonyl (C=O) groups is 1. The normalized spacial score (nSPS) is 18.0. The van der Waals surface area contributed by atoms with E-state index in [4.69, 9.17) is 4.74 Å². The second-order valence-electron chi connectivity index (χ2n) is 9.70. The number of piperazine rings is 1. The second-order valence-corrected chi connectivity index (χ2v) is 9.70. The highest BCUT2D eigenvalue weighted by Gasteiger charge is 2.25. The van der Waals surface area contributed by atoms with E-state index in [1.165, 1.54) is 7.11 Å². The first-order chi connectivity index (χ1) is 17.2. The lowest BCUT2D eigenvalue weighted by atomic mass is 10.0. The molecule has 0 bridgehead atoms. The van der Waals surface area contributed by atoms with Crippen LogP contribution in [0.3, 0.4) is 0 Å². The van der Waals surface area contributed by atoms with Gasteiger partial charge in [0.05, 0.1) is 35.3 Å². The number of hydrogen-bond acceptors (Lipinski definition) is 8. The van der Waals surface area contributed by atoms with Crippen LogP contribution in [0.5, 0.6) is 6.01 Å². The topological polar surface area (TPSA) is 99.9 Å². The number of carbonyl (C=O) groups excluding carboxylic acids is 1. The van der Waals surface area contributed by atoms with Crippen molar-refractivity contribution in [3.05, 3.63) is 48.0 Å². The van der Waals surface area contributed by atoms with Crippen LogP contribution >= 0.6 is 0 Å². The molecule has 1 aliphatic heterocycles. The molecule has 4 heterocycles. The molecule has 1 amide bonds. The van der Waals surface area contributed by atoms with Crippen LogP contribution in [0.4, 0.5) is 17.1 Å². The number of ether oxygens (including phenoxy) is 1. The number of benzene rings is 1. The Hall–Kier alpha value is -3.92. The lowest BCUT2D eigenvalue weighted by molar-refractivity contribution is 0.102. The van der Waals surface area contributed by atoms with Crippen molar-refractivity contribution < 1.29 is 9.53 Å². The Kier molecular flexibility index (Phi) is 6.13. The molecule has 0 radical (unpaired) electrons. The number of nitrogens with zero attached hydrogens (tertiary/aromatic N) is 6. The van der Waals surface area contributed by atoms with Crippen LogP contribution < -0.4 is 25.2 Å². The minimum absolute atomic E-state index is 0.223. The molecule has 1 saturated heterocycles. The summed E-state index contributed by atoms with van der Waals surface area (Å²) in [6, 6.07) is 6.67. The van der Waals surface area contributed by atoms with Gasteiger partial charge in [-0.15, -0.1) is 0 Å². The predicted molar refractivity (Wildman–Crippen MR) is 143 cm³/mol. The summed E-state index contributed by atoms with van der Waals surface area (Å²) in [6.45, 7) is 8.01. The molecule has 10 heteroatoms. The number of nitrogens with one attached hydrogen (secondary N) is 2. The van der Waals surface area contributed by atoms with E-state index in [0.29, 0.717) is 28.9 Å². The standard InChI is InChI=1S/C26H32N8O2/c1-15-11-33(12-16(2)28-15)21-8-7-19(23-20(21)10-27-26(31-23)36-6)25(35)30-18-9-22(32(4)5)24-29-17(3)13-34(24)14-18/h7-10,13-16,28H,11-12H2,1-6H3,(H,30,35)/t15-,16-/m1/s1. The molecule has 4 aromatic rings. The third-order valence-electron chi connectivity index (χ3n) is 6.42. The first-order valence-electron chi connectivity index (χ1n) is 12.1. The number of aryl methyl sites for hydroxylation is 1. The van der Waals surface area contributed by atoms with Gasteiger partial charge in [0.2, 0.25) is 0 Å². The number of amides is 1. The van der Waals surface area contributed by atoms with Gasteiger partial charge in [-0.1, -0.05) is 0 Å². The maximum Gasteiger partial charge on any atom is 0.316 e. The second kappa shape index (κ2) is 9.27. The molecule has 10 nitrogen and oxygen atoms in total. The summed E-state index contributed by atoms with van der Waals surface area (Å²) >= 11 is 0. The van der Waals surface area contributed by atoms with Crippen molar-refractivity contribution >= 4 is 39.5 Å². The summed E-state index contributed by atoms with van der Waals surface area (Å²) in [5.41, 5.74) is 5.34. The van der Waals surface area contributed by atoms with Gasteiger partial charge in [0.15, 0.2) is 5.65 Å². The Labute approximate surface area is 210 Å². The number of rotatable bonds is 5. The van der Waals surface area contributed by atoms with Crippen LogP contribution in [-0.2, 0) is 0 Å². The summed E-state index contributed by atoms with van der Waals surface area (Å²) < 4.78 is 7.22. The molecule has 0 aliphatic carbocycles. The molecular formula is C26H32N8O2. The number of anilines is 3. The average molecular weight is 489 g/mol. The van der Waals surface area contributed by atoms with Crippen LogP contribution in [0.1, 0.15) is 29.9 Å². The highest BCUT2D eigenvalue weighted by molar-refractivity contribution is 6.14. The Balaban J connectivity index is 1.55. The van der Waals surface area contributed by atoms with Gasteiger partial charge in [0, 0.05) is 68.9 Å². The molecule has 188 valence electrons. The van der Waals surface area contributed by atoms with Gasteiger partial charge in [-0.3, -0.25) is 4.79 Å². The molecule has 0 saturated carbocycles. The molecule has 0 spiro atoms. The van der Waals surface area contributed by atoms with Crippen molar-refractivity contribution in [2.45, 2.75) is 32.9 Å². The zero-order chi connectivity index (χ0) is 25.6. The monoisotopic (exact) mass is 488 g/mol. The Morgan fingerprint density at radius 2 is 1.92 bits per heavy atom. The van der Waals surface area contributed by atoms with Crippen LogP contribution in [-0.4, -0.2) is 71.6 Å². The van der Waals surface area contributed by atoms with E-state index < -0.39 is 0 Å². The van der Waals surface area contributed by atoms with E-state index >= 15 is 0 Å². The number of hydrogen-bond donors (Lipinski definition) is 2. The molecule has 1 aromatic carbocycles. The van der Waals surface area contributed by atoms with Gasteiger partial charge < -0.3 is 29.6 Å². The van der Waals surface area contributed by atoms with Crippen molar-refractivity contribution in [3.8, 4) is 6.01 Å². The van der Waals surface area contributed by atoms with Gasteiger partial charge in [-0.05, 0) is 39.0 Å². The molecule has 2 atom stereocenters. The Morgan fingerprint density at radius 3 is 2.61 bits per heavy atom. The van der Waals surface area contributed by atoms with E-state index in [1.54, 1.807) is 6.20 Å². The van der Waals surface area contributed by atoms with E-state index in [0.717, 1.165) is 41.2 Å². The van der Waals surface area contributed by atoms with Crippen LogP contribution in [0.25, 0.3) is 16.6 Å². The van der Waals surface area contributed by atoms with Gasteiger partial charge in [-0.2, -0.15) is 4.98 Å². The number of methoxy groups -OCH3 is 1. The maximum absolute atomic E-state index is 13.6. The minimum atomic E-state index is -0.254. The fourth-order valence-corrected chi connectivity index (χ4v) is 4.97. The van der Waals surface area contributed by atoms with Crippen LogP contribution in [0.15, 0.2) is 36.8 Å². The molecule has 5 rings (SSSR count). The summed E-state index contributed by atoms with van der Waals surface area (Å²) in [6.07, 6.45) is 5.56. The van der Waals surface area contributed by atoms with Crippen molar-refractivity contribution in [1.82, 2.24) is 24.7 Å². The smallest absolute Gasteiger partial charge is 0.316 e. The zero-order valence-electron chi connectivity index (χ0n) is 21.5. The lowest BCUT2D eigenvalue weighted by Gasteiger charge is -2.38. The van der Waals surface area contributed by atoms with Gasteiger partial charge in [-0.25, -0.2) is 9.97 Å². The van der Waals surface area contributed by atoms with Crippen molar-refractivity contribution in [1.29, 1.82) is 0 Å². The summed E-state index contributed by atoms with van der Waals surface area (Å²) in [4.78, 5) is 31.4. The fourth-order valence-electron chi connectivity index (χ4n) is 4.97. The van der Waals surface area contributed by atoms with E-state index in [1.807, 2.05) is 60.9 Å². The Morgan fingerprint density at radius 1 is 1.17 bits per heavy atom. The van der Waals surface area contributed by atoms with Crippen molar-refractivity contribution in [3.63, 3.8) is 0 Å². The first-order valence-corrected chi connectivity index (χ1v) is 12.1. The minimum Gasteiger partial charge on any atom is -0.467 e. The van der Waals surface area contributed by atoms with E-state index in [9.17, 15) is 4.79 Å². The largest absolute Gasteiger partial charge is 0.467 e. The quantitative estimate of drug-likeness (QED) is 0.442. The molecular weight excluding hydrogens is 456 g/mol. The molecule has 36 heavy (non-hydrogen) atoms. The molecule has 1 fully saturated rings. The molecule has 0 unspecified atom stereocenters.